The number of alkyl halides is 3. The second kappa shape index (κ2) is 7.37. The highest BCUT2D eigenvalue weighted by molar-refractivity contribution is 5.97. The van der Waals surface area contributed by atoms with E-state index in [9.17, 15) is 18.0 Å². The largest absolute Gasteiger partial charge is 0.416 e. The van der Waals surface area contributed by atoms with E-state index in [1.165, 1.54) is 6.07 Å². The van der Waals surface area contributed by atoms with Crippen LogP contribution in [0.25, 0.3) is 0 Å². The third kappa shape index (κ3) is 4.07. The number of nitrogens with one attached hydrogen (secondary N) is 2. The molecule has 1 heterocycles. The van der Waals surface area contributed by atoms with Crippen molar-refractivity contribution in [3.63, 3.8) is 0 Å². The van der Waals surface area contributed by atoms with Gasteiger partial charge in [0.2, 0.25) is 5.91 Å². The summed E-state index contributed by atoms with van der Waals surface area (Å²) in [5.74, 6) is -0.350. The summed E-state index contributed by atoms with van der Waals surface area (Å²) in [5.41, 5.74) is 5.08. The average molecular weight is 386 g/mol. The highest BCUT2D eigenvalue weighted by Gasteiger charge is 2.57. The SMILES string of the molecule is Cl.Cl.Nc1ccc(C(F)(F)F)cc1NC(=O)C1CC12CCNCC2. The van der Waals surface area contributed by atoms with Gasteiger partial charge in [-0.1, -0.05) is 0 Å². The lowest BCUT2D eigenvalue weighted by Crippen LogP contribution is -2.31. The topological polar surface area (TPSA) is 67.1 Å². The molecule has 1 amide bonds. The molecule has 1 spiro atoms. The smallest absolute Gasteiger partial charge is 0.397 e. The van der Waals surface area contributed by atoms with Crippen LogP contribution < -0.4 is 16.4 Å². The van der Waals surface area contributed by atoms with Crippen molar-refractivity contribution in [3.05, 3.63) is 23.8 Å². The zero-order chi connectivity index (χ0) is 16.0. The quantitative estimate of drug-likeness (QED) is 0.682. The van der Waals surface area contributed by atoms with E-state index >= 15 is 0 Å². The van der Waals surface area contributed by atoms with Crippen LogP contribution in [0.5, 0.6) is 0 Å². The van der Waals surface area contributed by atoms with Crippen molar-refractivity contribution in [2.45, 2.75) is 25.4 Å². The molecule has 0 radical (unpaired) electrons. The number of amides is 1. The Bertz CT molecular complexity index is 604. The van der Waals surface area contributed by atoms with Crippen LogP contribution in [0.15, 0.2) is 18.2 Å². The Hall–Kier alpha value is -1.18. The standard InChI is InChI=1S/C15H18F3N3O.2ClH/c16-15(17,18)9-1-2-11(19)12(7-9)21-13(22)10-8-14(10)3-5-20-6-4-14;;/h1-2,7,10,20H,3-6,8,19H2,(H,21,22);2*1H. The van der Waals surface area contributed by atoms with Gasteiger partial charge < -0.3 is 16.4 Å². The van der Waals surface area contributed by atoms with E-state index in [2.05, 4.69) is 10.6 Å². The highest BCUT2D eigenvalue weighted by Crippen LogP contribution is 2.58. The number of hydrogen-bond acceptors (Lipinski definition) is 3. The lowest BCUT2D eigenvalue weighted by atomic mass is 9.91. The van der Waals surface area contributed by atoms with Crippen LogP contribution in [0.3, 0.4) is 0 Å². The van der Waals surface area contributed by atoms with Crippen LogP contribution in [0.4, 0.5) is 24.5 Å². The molecule has 136 valence electrons. The van der Waals surface area contributed by atoms with Gasteiger partial charge in [-0.3, -0.25) is 4.79 Å². The van der Waals surface area contributed by atoms with E-state index in [0.29, 0.717) is 0 Å². The van der Waals surface area contributed by atoms with Crippen molar-refractivity contribution in [3.8, 4) is 0 Å². The molecule has 0 bridgehead atoms. The van der Waals surface area contributed by atoms with Crippen molar-refractivity contribution in [1.82, 2.24) is 5.32 Å². The predicted octanol–water partition coefficient (Wildman–Crippen LogP) is 3.46. The summed E-state index contributed by atoms with van der Waals surface area (Å²) < 4.78 is 38.2. The van der Waals surface area contributed by atoms with Crippen LogP contribution >= 0.6 is 24.8 Å². The Morgan fingerprint density at radius 3 is 2.46 bits per heavy atom. The van der Waals surface area contributed by atoms with Crippen LogP contribution in [-0.2, 0) is 11.0 Å². The second-order valence-corrected chi connectivity index (χ2v) is 6.16. The lowest BCUT2D eigenvalue weighted by Gasteiger charge is -2.23. The molecule has 4 nitrogen and oxygen atoms in total. The minimum Gasteiger partial charge on any atom is -0.397 e. The second-order valence-electron chi connectivity index (χ2n) is 6.16. The zero-order valence-corrected chi connectivity index (χ0v) is 14.4. The minimum absolute atomic E-state index is 0. The fraction of sp³-hybridized carbons (Fsp3) is 0.533. The maximum Gasteiger partial charge on any atom is 0.416 e. The molecule has 1 aromatic carbocycles. The van der Waals surface area contributed by atoms with Crippen LogP contribution in [0, 0.1) is 11.3 Å². The summed E-state index contributed by atoms with van der Waals surface area (Å²) in [6, 6.07) is 2.98. The molecule has 1 aliphatic heterocycles. The first-order valence-corrected chi connectivity index (χ1v) is 7.30. The third-order valence-corrected chi connectivity index (χ3v) is 4.74. The van der Waals surface area contributed by atoms with Crippen molar-refractivity contribution in [1.29, 1.82) is 0 Å². The fourth-order valence-corrected chi connectivity index (χ4v) is 3.26. The summed E-state index contributed by atoms with van der Waals surface area (Å²) in [4.78, 5) is 12.3. The number of nitrogens with two attached hydrogens (primary N) is 1. The van der Waals surface area contributed by atoms with Crippen molar-refractivity contribution in [2.75, 3.05) is 24.1 Å². The average Bonchev–Trinajstić information content (AvgIpc) is 3.14. The monoisotopic (exact) mass is 385 g/mol. The van der Waals surface area contributed by atoms with Crippen LogP contribution in [-0.4, -0.2) is 19.0 Å². The number of carbonyl (C=O) groups excluding carboxylic acids is 1. The Labute approximate surface area is 150 Å². The molecule has 2 aliphatic rings. The summed E-state index contributed by atoms with van der Waals surface area (Å²) in [6.07, 6.45) is -1.78. The normalized spacial score (nSPS) is 21.4. The number of anilines is 2. The summed E-state index contributed by atoms with van der Waals surface area (Å²) in [5, 5.41) is 5.82. The summed E-state index contributed by atoms with van der Waals surface area (Å²) >= 11 is 0. The molecular weight excluding hydrogens is 366 g/mol. The number of benzene rings is 1. The molecule has 4 N–H and O–H groups in total. The third-order valence-electron chi connectivity index (χ3n) is 4.74. The molecular formula is C15H20Cl2F3N3O. The van der Waals surface area contributed by atoms with Gasteiger partial charge in [0.05, 0.1) is 16.9 Å². The Balaban J connectivity index is 0.00000144. The van der Waals surface area contributed by atoms with Gasteiger partial charge in [0, 0.05) is 5.92 Å². The van der Waals surface area contributed by atoms with E-state index in [4.69, 9.17) is 5.73 Å². The molecule has 0 aromatic heterocycles. The molecule has 1 unspecified atom stereocenters. The Morgan fingerprint density at radius 1 is 1.25 bits per heavy atom. The van der Waals surface area contributed by atoms with Gasteiger partial charge in [-0.05, 0) is 56.0 Å². The van der Waals surface area contributed by atoms with Crippen LogP contribution in [0.2, 0.25) is 0 Å². The van der Waals surface area contributed by atoms with Gasteiger partial charge in [-0.15, -0.1) is 24.8 Å². The first-order valence-electron chi connectivity index (χ1n) is 7.30. The number of carbonyl (C=O) groups is 1. The van der Waals surface area contributed by atoms with Crippen molar-refractivity contribution < 1.29 is 18.0 Å². The lowest BCUT2D eigenvalue weighted by molar-refractivity contribution is -0.137. The van der Waals surface area contributed by atoms with E-state index < -0.39 is 11.7 Å². The molecule has 24 heavy (non-hydrogen) atoms. The highest BCUT2D eigenvalue weighted by atomic mass is 35.5. The molecule has 9 heteroatoms. The molecule has 1 aliphatic carbocycles. The molecule has 1 atom stereocenters. The summed E-state index contributed by atoms with van der Waals surface area (Å²) in [7, 11) is 0. The van der Waals surface area contributed by atoms with E-state index in [-0.39, 0.29) is 53.4 Å². The van der Waals surface area contributed by atoms with E-state index in [0.717, 1.165) is 44.5 Å². The fourth-order valence-electron chi connectivity index (χ4n) is 3.26. The van der Waals surface area contributed by atoms with Gasteiger partial charge in [-0.25, -0.2) is 0 Å². The van der Waals surface area contributed by atoms with Gasteiger partial charge in [0.25, 0.3) is 0 Å². The van der Waals surface area contributed by atoms with Crippen molar-refractivity contribution in [2.24, 2.45) is 11.3 Å². The Morgan fingerprint density at radius 2 is 1.88 bits per heavy atom. The molecule has 3 rings (SSSR count). The summed E-state index contributed by atoms with van der Waals surface area (Å²) in [6.45, 7) is 1.77. The zero-order valence-electron chi connectivity index (χ0n) is 12.8. The Kier molecular flexibility index (Phi) is 6.41. The molecule has 1 saturated carbocycles. The van der Waals surface area contributed by atoms with Gasteiger partial charge in [-0.2, -0.15) is 13.2 Å². The maximum atomic E-state index is 12.7. The van der Waals surface area contributed by atoms with Crippen LogP contribution in [0.1, 0.15) is 24.8 Å². The van der Waals surface area contributed by atoms with Gasteiger partial charge in [0.1, 0.15) is 0 Å². The molecule has 1 saturated heterocycles. The van der Waals surface area contributed by atoms with Gasteiger partial charge in [0.15, 0.2) is 0 Å². The number of piperidine rings is 1. The van der Waals surface area contributed by atoms with E-state index in [1.807, 2.05) is 0 Å². The first kappa shape index (κ1) is 20.9. The molecule has 2 fully saturated rings. The maximum absolute atomic E-state index is 12.7. The number of nitrogen functional groups attached to an aromatic ring is 1. The van der Waals surface area contributed by atoms with E-state index in [1.54, 1.807) is 0 Å². The van der Waals surface area contributed by atoms with Gasteiger partial charge >= 0.3 is 6.18 Å². The predicted molar refractivity (Wildman–Crippen MR) is 91.6 cm³/mol. The first-order chi connectivity index (χ1) is 10.3. The number of rotatable bonds is 2. The number of hydrogen-bond donors (Lipinski definition) is 3. The van der Waals surface area contributed by atoms with Crippen molar-refractivity contribution >= 4 is 42.1 Å². The molecule has 1 aromatic rings. The number of halogens is 5. The minimum atomic E-state index is -4.46.